The van der Waals surface area contributed by atoms with Crippen LogP contribution in [-0.4, -0.2) is 17.9 Å². The lowest BCUT2D eigenvalue weighted by Gasteiger charge is -2.39. The Morgan fingerprint density at radius 1 is 0.603 bits per heavy atom. The first-order valence-electron chi connectivity index (χ1n) is 22.8. The molecule has 6 rings (SSSR count). The highest BCUT2D eigenvalue weighted by atomic mass is 16.5. The van der Waals surface area contributed by atoms with Gasteiger partial charge in [0.05, 0.1) is 0 Å². The summed E-state index contributed by atoms with van der Waals surface area (Å²) < 4.78 is 17.2. The van der Waals surface area contributed by atoms with E-state index in [1.807, 2.05) is 24.3 Å². The van der Waals surface area contributed by atoms with Crippen LogP contribution < -0.4 is 14.2 Å². The van der Waals surface area contributed by atoms with E-state index in [4.69, 9.17) is 14.2 Å². The van der Waals surface area contributed by atoms with Crippen molar-refractivity contribution in [2.75, 3.05) is 0 Å². The number of esters is 3. The third kappa shape index (κ3) is 10.8. The molecule has 2 atom stereocenters. The average molecular weight is 857 g/mol. The number of hydrogen-bond acceptors (Lipinski definition) is 6. The maximum atomic E-state index is 13.3. The van der Waals surface area contributed by atoms with Crippen LogP contribution in [0.2, 0.25) is 0 Å². The summed E-state index contributed by atoms with van der Waals surface area (Å²) >= 11 is 0. The van der Waals surface area contributed by atoms with Gasteiger partial charge < -0.3 is 14.2 Å². The van der Waals surface area contributed by atoms with E-state index in [9.17, 15) is 14.4 Å². The normalized spacial score (nSPS) is 16.8. The van der Waals surface area contributed by atoms with Crippen molar-refractivity contribution in [3.05, 3.63) is 122 Å². The van der Waals surface area contributed by atoms with Crippen molar-refractivity contribution in [2.24, 2.45) is 16.2 Å². The van der Waals surface area contributed by atoms with Crippen LogP contribution in [0.1, 0.15) is 197 Å². The molecule has 340 valence electrons. The zero-order valence-corrected chi connectivity index (χ0v) is 42.3. The van der Waals surface area contributed by atoms with Gasteiger partial charge in [-0.1, -0.05) is 170 Å². The molecule has 0 saturated carbocycles. The molecule has 6 heteroatoms. The monoisotopic (exact) mass is 857 g/mol. The molecular weight excluding hydrogens is 781 g/mol. The molecule has 63 heavy (non-hydrogen) atoms. The van der Waals surface area contributed by atoms with Gasteiger partial charge in [-0.25, -0.2) is 0 Å². The molecule has 2 aliphatic heterocycles. The highest BCUT2D eigenvalue weighted by Crippen LogP contribution is 2.49. The molecule has 0 bridgehead atoms. The number of benzene rings is 4. The molecule has 4 aromatic rings. The van der Waals surface area contributed by atoms with Gasteiger partial charge >= 0.3 is 17.9 Å². The Morgan fingerprint density at radius 2 is 1.14 bits per heavy atom. The average Bonchev–Trinajstić information content (AvgIpc) is 3.60. The van der Waals surface area contributed by atoms with Crippen LogP contribution in [0.5, 0.6) is 17.2 Å². The summed E-state index contributed by atoms with van der Waals surface area (Å²) in [7, 11) is 0. The van der Waals surface area contributed by atoms with E-state index >= 15 is 0 Å². The maximum absolute atomic E-state index is 13.3. The minimum Gasteiger partial charge on any atom is -0.426 e. The fraction of sp³-hybridized carbons (Fsp3) is 0.526. The van der Waals surface area contributed by atoms with Crippen LogP contribution in [0.3, 0.4) is 0 Å². The highest BCUT2D eigenvalue weighted by Gasteiger charge is 2.41. The summed E-state index contributed by atoms with van der Waals surface area (Å²) in [6, 6.07) is 20.6. The van der Waals surface area contributed by atoms with Crippen LogP contribution in [-0.2, 0) is 37.0 Å². The van der Waals surface area contributed by atoms with E-state index in [0.717, 1.165) is 52.0 Å². The van der Waals surface area contributed by atoms with E-state index < -0.39 is 11.9 Å². The Hall–Kier alpha value is -4.71. The Morgan fingerprint density at radius 3 is 1.68 bits per heavy atom. The molecule has 0 fully saturated rings. The number of rotatable bonds is 7. The maximum Gasteiger partial charge on any atom is 0.323 e. The predicted molar refractivity (Wildman–Crippen MR) is 258 cm³/mol. The number of carbonyl (C=O) groups excluding carboxylic acids is 3. The highest BCUT2D eigenvalue weighted by molar-refractivity contribution is 5.92. The second-order valence-electron chi connectivity index (χ2n) is 24.1. The standard InChI is InChI=1S/C32H44O4.C25H32O2/c1-20(33)35-25-15-13-22(31(8,9)19-29(2,3)4)17-24(25)27-23-16-21(12-14-26(23)36-28(27)34)18-32(10,11)30(5,6)7;1-14-10-17(16(3)19(12-14)24(4,5)6)21-18-11-15(2)13-20(25(7,8)9)22(18)27-23(21)26/h12-17,27H,18-19H2,1-11H3;10-13,21H,1-9H3. The summed E-state index contributed by atoms with van der Waals surface area (Å²) in [5, 5.41) is 0. The molecule has 2 aliphatic rings. The van der Waals surface area contributed by atoms with Gasteiger partial charge in [-0.05, 0) is 106 Å². The third-order valence-electron chi connectivity index (χ3n) is 13.4. The zero-order chi connectivity index (χ0) is 47.6. The minimum absolute atomic E-state index is 0.0271. The largest absolute Gasteiger partial charge is 0.426 e. The van der Waals surface area contributed by atoms with E-state index in [2.05, 4.69) is 168 Å². The van der Waals surface area contributed by atoms with Crippen molar-refractivity contribution in [1.82, 2.24) is 0 Å². The van der Waals surface area contributed by atoms with Crippen molar-refractivity contribution in [1.29, 1.82) is 0 Å². The molecule has 0 N–H and O–H groups in total. The second-order valence-corrected chi connectivity index (χ2v) is 24.1. The first-order chi connectivity index (χ1) is 28.6. The van der Waals surface area contributed by atoms with Gasteiger partial charge in [0, 0.05) is 29.2 Å². The van der Waals surface area contributed by atoms with Gasteiger partial charge in [0.15, 0.2) is 0 Å². The topological polar surface area (TPSA) is 78.9 Å². The summed E-state index contributed by atoms with van der Waals surface area (Å²) in [5.74, 6) is -0.138. The molecule has 0 aliphatic carbocycles. The van der Waals surface area contributed by atoms with E-state index in [1.165, 1.54) is 29.2 Å². The van der Waals surface area contributed by atoms with Crippen LogP contribution in [0.4, 0.5) is 0 Å². The summed E-state index contributed by atoms with van der Waals surface area (Å²) in [6.07, 6.45) is 1.84. The molecule has 2 heterocycles. The number of carbonyl (C=O) groups is 3. The number of ether oxygens (including phenoxy) is 3. The molecule has 2 unspecified atom stereocenters. The van der Waals surface area contributed by atoms with Gasteiger partial charge in [0.2, 0.25) is 0 Å². The van der Waals surface area contributed by atoms with E-state index in [1.54, 1.807) is 0 Å². The molecule has 0 amide bonds. The Bertz CT molecular complexity index is 2410. The Labute approximate surface area is 379 Å². The quantitative estimate of drug-likeness (QED) is 0.136. The van der Waals surface area contributed by atoms with Crippen LogP contribution in [0.25, 0.3) is 0 Å². The third-order valence-corrected chi connectivity index (χ3v) is 13.4. The van der Waals surface area contributed by atoms with Crippen LogP contribution in [0, 0.1) is 37.0 Å². The molecule has 0 radical (unpaired) electrons. The summed E-state index contributed by atoms with van der Waals surface area (Å²) in [6.45, 7) is 43.3. The van der Waals surface area contributed by atoms with Gasteiger partial charge in [-0.2, -0.15) is 0 Å². The van der Waals surface area contributed by atoms with Crippen LogP contribution in [0.15, 0.2) is 60.7 Å². The summed E-state index contributed by atoms with van der Waals surface area (Å²) in [4.78, 5) is 38.2. The van der Waals surface area contributed by atoms with Gasteiger partial charge in [-0.15, -0.1) is 0 Å². The molecule has 6 nitrogen and oxygen atoms in total. The molecule has 0 spiro atoms. The summed E-state index contributed by atoms with van der Waals surface area (Å²) in [5.41, 5.74) is 11.9. The van der Waals surface area contributed by atoms with Crippen molar-refractivity contribution in [2.45, 2.75) is 179 Å². The fourth-order valence-electron chi connectivity index (χ4n) is 9.49. The SMILES string of the molecule is CC(=O)Oc1ccc(C(C)(C)CC(C)(C)C)cc1C1C(=O)Oc2ccc(CC(C)(C)C(C)(C)C)cc21.Cc1cc(C2C(=O)Oc3c2cc(C)cc3C(C)(C)C)c(C)c(C(C)(C)C)c1. The Kier molecular flexibility index (Phi) is 13.3. The lowest BCUT2D eigenvalue weighted by molar-refractivity contribution is -0.134. The minimum atomic E-state index is -0.641. The van der Waals surface area contributed by atoms with Crippen molar-refractivity contribution >= 4 is 17.9 Å². The number of fused-ring (bicyclic) bond motifs is 2. The zero-order valence-electron chi connectivity index (χ0n) is 42.3. The second kappa shape index (κ2) is 17.0. The van der Waals surface area contributed by atoms with Gasteiger partial charge in [0.1, 0.15) is 29.1 Å². The molecule has 0 aromatic heterocycles. The van der Waals surface area contributed by atoms with Crippen molar-refractivity contribution < 1.29 is 28.6 Å². The van der Waals surface area contributed by atoms with Gasteiger partial charge in [0.25, 0.3) is 0 Å². The number of hydrogen-bond donors (Lipinski definition) is 0. The predicted octanol–water partition coefficient (Wildman–Crippen LogP) is 14.2. The first-order valence-corrected chi connectivity index (χ1v) is 22.8. The number of aryl methyl sites for hydroxylation is 2. The molecule has 0 saturated heterocycles. The fourth-order valence-corrected chi connectivity index (χ4v) is 9.49. The Balaban J connectivity index is 0.000000247. The van der Waals surface area contributed by atoms with Crippen molar-refractivity contribution in [3.63, 3.8) is 0 Å². The smallest absolute Gasteiger partial charge is 0.323 e. The molecular formula is C57H76O6. The van der Waals surface area contributed by atoms with Crippen LogP contribution >= 0.6 is 0 Å². The van der Waals surface area contributed by atoms with Gasteiger partial charge in [-0.3, -0.25) is 14.4 Å². The van der Waals surface area contributed by atoms with Crippen molar-refractivity contribution in [3.8, 4) is 17.2 Å². The first kappa shape index (κ1) is 49.3. The molecule has 4 aromatic carbocycles. The van der Waals surface area contributed by atoms with E-state index in [-0.39, 0.29) is 50.3 Å². The lowest BCUT2D eigenvalue weighted by Crippen LogP contribution is -2.31. The van der Waals surface area contributed by atoms with E-state index in [0.29, 0.717) is 17.1 Å². The lowest BCUT2D eigenvalue weighted by atomic mass is 9.66.